The van der Waals surface area contributed by atoms with Gasteiger partial charge in [0.1, 0.15) is 6.29 Å². The molecule has 1 aliphatic heterocycles. The van der Waals surface area contributed by atoms with Crippen LogP contribution in [0.25, 0.3) is 0 Å². The number of amides is 3. The van der Waals surface area contributed by atoms with Gasteiger partial charge in [0.2, 0.25) is 18.2 Å². The van der Waals surface area contributed by atoms with Crippen molar-refractivity contribution in [2.45, 2.75) is 44.7 Å². The van der Waals surface area contributed by atoms with Crippen LogP contribution in [0.5, 0.6) is 0 Å². The molecule has 3 amide bonds. The average molecular weight is 485 g/mol. The molecule has 1 saturated heterocycles. The van der Waals surface area contributed by atoms with Crippen LogP contribution in [0.4, 0.5) is 0 Å². The normalized spacial score (nSPS) is 15.5. The van der Waals surface area contributed by atoms with E-state index in [0.717, 1.165) is 43.3 Å². The summed E-state index contributed by atoms with van der Waals surface area (Å²) in [5.74, 6) is 5.78. The van der Waals surface area contributed by atoms with Gasteiger partial charge in [-0.05, 0) is 51.5 Å². The Kier molecular flexibility index (Phi) is 12.7. The largest absolute Gasteiger partial charge is 0.380 e. The molecule has 0 spiro atoms. The first-order valence-electron chi connectivity index (χ1n) is 12.0. The maximum absolute atomic E-state index is 12.2. The van der Waals surface area contributed by atoms with E-state index in [1.807, 2.05) is 25.1 Å². The van der Waals surface area contributed by atoms with Crippen LogP contribution >= 0.6 is 0 Å². The molecule has 1 aromatic carbocycles. The highest BCUT2D eigenvalue weighted by atomic mass is 16.5. The Morgan fingerprint density at radius 3 is 2.74 bits per heavy atom. The summed E-state index contributed by atoms with van der Waals surface area (Å²) in [7, 11) is 3.84. The molecule has 190 valence electrons. The van der Waals surface area contributed by atoms with Gasteiger partial charge in [-0.15, -0.1) is 0 Å². The number of likely N-dealkylation sites (N-methyl/N-ethyl adjacent to an activating group) is 2. The Hall–Kier alpha value is -3.06. The van der Waals surface area contributed by atoms with E-state index in [2.05, 4.69) is 27.4 Å². The lowest BCUT2D eigenvalue weighted by atomic mass is 9.99. The lowest BCUT2D eigenvalue weighted by molar-refractivity contribution is -0.137. The second-order valence-corrected chi connectivity index (χ2v) is 8.62. The number of carbonyl (C=O) groups is 4. The lowest BCUT2D eigenvalue weighted by Crippen LogP contribution is -2.51. The second kappa shape index (κ2) is 15.8. The number of nitrogens with zero attached hydrogens (tertiary/aromatic N) is 2. The molecule has 9 nitrogen and oxygen atoms in total. The number of unbranched alkanes of at least 4 members (excludes halogenated alkanes) is 1. The van der Waals surface area contributed by atoms with Gasteiger partial charge in [-0.25, -0.2) is 0 Å². The minimum atomic E-state index is -0.419. The molecule has 0 aromatic heterocycles. The predicted octanol–water partition coefficient (Wildman–Crippen LogP) is 0.952. The maximum Gasteiger partial charge on any atom is 0.243 e. The van der Waals surface area contributed by atoms with Crippen LogP contribution < -0.4 is 10.6 Å². The molecule has 1 aromatic rings. The number of ether oxygens (including phenoxy) is 1. The van der Waals surface area contributed by atoms with Crippen LogP contribution in [0.1, 0.15) is 53.6 Å². The zero-order chi connectivity index (χ0) is 25.5. The monoisotopic (exact) mass is 484 g/mol. The minimum Gasteiger partial charge on any atom is -0.380 e. The molecule has 2 N–H and O–H groups in total. The smallest absolute Gasteiger partial charge is 0.243 e. The van der Waals surface area contributed by atoms with E-state index in [1.165, 1.54) is 0 Å². The van der Waals surface area contributed by atoms with Crippen molar-refractivity contribution in [3.8, 4) is 11.8 Å². The van der Waals surface area contributed by atoms with Crippen molar-refractivity contribution in [1.29, 1.82) is 0 Å². The second-order valence-electron chi connectivity index (χ2n) is 8.62. The fourth-order valence-electron chi connectivity index (χ4n) is 3.84. The van der Waals surface area contributed by atoms with Gasteiger partial charge in [0.15, 0.2) is 0 Å². The number of piperidine rings is 1. The Balaban J connectivity index is 1.80. The molecule has 0 bridgehead atoms. The van der Waals surface area contributed by atoms with Crippen molar-refractivity contribution in [1.82, 2.24) is 20.4 Å². The fourth-order valence-corrected chi connectivity index (χ4v) is 3.84. The van der Waals surface area contributed by atoms with Gasteiger partial charge in [0, 0.05) is 50.2 Å². The van der Waals surface area contributed by atoms with Crippen molar-refractivity contribution in [3.05, 3.63) is 34.9 Å². The molecule has 1 atom stereocenters. The van der Waals surface area contributed by atoms with Crippen molar-refractivity contribution >= 4 is 24.5 Å². The highest BCUT2D eigenvalue weighted by Gasteiger charge is 2.30. The first-order valence-corrected chi connectivity index (χ1v) is 12.0. The summed E-state index contributed by atoms with van der Waals surface area (Å²) in [4.78, 5) is 49.5. The number of imide groups is 1. The van der Waals surface area contributed by atoms with Crippen LogP contribution in [0.3, 0.4) is 0 Å². The third-order valence-electron chi connectivity index (χ3n) is 5.86. The summed E-state index contributed by atoms with van der Waals surface area (Å²) in [5, 5.41) is 5.03. The molecule has 35 heavy (non-hydrogen) atoms. The number of carbonyl (C=O) groups excluding carboxylic acids is 4. The molecule has 0 saturated carbocycles. The van der Waals surface area contributed by atoms with Crippen molar-refractivity contribution in [3.63, 3.8) is 0 Å². The molecule has 9 heteroatoms. The minimum absolute atomic E-state index is 0.251. The van der Waals surface area contributed by atoms with Gasteiger partial charge in [-0.2, -0.15) is 0 Å². The fraction of sp³-hybridized carbons (Fsp3) is 0.538. The van der Waals surface area contributed by atoms with Crippen LogP contribution in [0.15, 0.2) is 18.2 Å². The van der Waals surface area contributed by atoms with E-state index in [0.29, 0.717) is 57.5 Å². The van der Waals surface area contributed by atoms with Gasteiger partial charge in [0.05, 0.1) is 12.6 Å². The van der Waals surface area contributed by atoms with Gasteiger partial charge < -0.3 is 15.0 Å². The zero-order valence-corrected chi connectivity index (χ0v) is 20.7. The van der Waals surface area contributed by atoms with Crippen LogP contribution in [-0.4, -0.2) is 87.3 Å². The van der Waals surface area contributed by atoms with Gasteiger partial charge in [-0.1, -0.05) is 24.0 Å². The first kappa shape index (κ1) is 28.2. The predicted molar refractivity (Wildman–Crippen MR) is 133 cm³/mol. The van der Waals surface area contributed by atoms with E-state index in [4.69, 9.17) is 4.74 Å². The quantitative estimate of drug-likeness (QED) is 0.165. The summed E-state index contributed by atoms with van der Waals surface area (Å²) in [6.07, 6.45) is 4.66. The lowest BCUT2D eigenvalue weighted by Gasteiger charge is -2.30. The number of hydrogen-bond acceptors (Lipinski definition) is 7. The Morgan fingerprint density at radius 2 is 2.00 bits per heavy atom. The molecule has 1 heterocycles. The van der Waals surface area contributed by atoms with Crippen molar-refractivity contribution < 1.29 is 23.9 Å². The standard InChI is InChI=1S/C26H36N4O5/c1-29(14-7-13-27-20-32)15-17-35-16-5-3-4-8-21-9-6-10-22(19-31)23(21)18-30(2)24-11-12-25(33)28-26(24)34/h6,9-10,19-20,24H,3,5,7,11-18H2,1-2H3,(H,27,32)(H,28,33,34). The van der Waals surface area contributed by atoms with Crippen molar-refractivity contribution in [2.24, 2.45) is 0 Å². The Labute approximate surface area is 207 Å². The van der Waals surface area contributed by atoms with Gasteiger partial charge >= 0.3 is 0 Å². The molecule has 2 rings (SSSR count). The summed E-state index contributed by atoms with van der Waals surface area (Å²) >= 11 is 0. The Morgan fingerprint density at radius 1 is 1.17 bits per heavy atom. The summed E-state index contributed by atoms with van der Waals surface area (Å²) < 4.78 is 5.69. The third-order valence-corrected chi connectivity index (χ3v) is 5.86. The van der Waals surface area contributed by atoms with Crippen molar-refractivity contribution in [2.75, 3.05) is 46.9 Å². The van der Waals surface area contributed by atoms with E-state index in [-0.39, 0.29) is 11.8 Å². The number of aldehydes is 1. The third kappa shape index (κ3) is 9.99. The van der Waals surface area contributed by atoms with E-state index in [1.54, 1.807) is 12.1 Å². The number of nitrogens with one attached hydrogen (secondary N) is 2. The molecule has 1 aliphatic rings. The molecule has 0 radical (unpaired) electrons. The zero-order valence-electron chi connectivity index (χ0n) is 20.7. The SMILES string of the molecule is CN(CCCNC=O)CCOCCCC#Cc1cccc(C=O)c1CN(C)C1CCC(=O)NC1=O. The molecular weight excluding hydrogens is 448 g/mol. The van der Waals surface area contributed by atoms with Crippen LogP contribution in [-0.2, 0) is 25.7 Å². The number of hydrogen-bond donors (Lipinski definition) is 2. The topological polar surface area (TPSA) is 108 Å². The van der Waals surface area contributed by atoms with Crippen LogP contribution in [0.2, 0.25) is 0 Å². The van der Waals surface area contributed by atoms with Gasteiger partial charge in [0.25, 0.3) is 0 Å². The van der Waals surface area contributed by atoms with E-state index >= 15 is 0 Å². The Bertz CT molecular complexity index is 924. The van der Waals surface area contributed by atoms with E-state index in [9.17, 15) is 19.2 Å². The molecule has 1 fully saturated rings. The van der Waals surface area contributed by atoms with E-state index < -0.39 is 6.04 Å². The number of rotatable bonds is 15. The summed E-state index contributed by atoms with van der Waals surface area (Å²) in [6.45, 7) is 4.05. The van der Waals surface area contributed by atoms with Crippen LogP contribution in [0, 0.1) is 11.8 Å². The average Bonchev–Trinajstić information content (AvgIpc) is 2.84. The molecular formula is C26H36N4O5. The maximum atomic E-state index is 12.2. The highest BCUT2D eigenvalue weighted by molar-refractivity contribution is 6.00. The number of benzene rings is 1. The molecule has 1 unspecified atom stereocenters. The molecule has 0 aliphatic carbocycles. The summed E-state index contributed by atoms with van der Waals surface area (Å²) in [6, 6.07) is 5.01. The van der Waals surface area contributed by atoms with Gasteiger partial charge in [-0.3, -0.25) is 29.4 Å². The highest BCUT2D eigenvalue weighted by Crippen LogP contribution is 2.19. The first-order chi connectivity index (χ1) is 17.0. The summed E-state index contributed by atoms with van der Waals surface area (Å²) in [5.41, 5.74) is 2.09.